The van der Waals surface area contributed by atoms with Crippen molar-refractivity contribution in [3.8, 4) is 0 Å². The standard InChI is InChI=1S/C17H24ClN3OS/c1-13-2-3-14(18)10-16(13)20-5-7-21(8-6-20)17(22)11-15-12-23-9-4-19-15/h2-3,10,15,19H,4-9,11-12H2,1H3. The molecule has 6 heteroatoms. The highest BCUT2D eigenvalue weighted by molar-refractivity contribution is 7.99. The van der Waals surface area contributed by atoms with E-state index in [9.17, 15) is 4.79 Å². The summed E-state index contributed by atoms with van der Waals surface area (Å²) in [5, 5.41) is 4.21. The first-order valence-corrected chi connectivity index (χ1v) is 9.77. The number of amides is 1. The van der Waals surface area contributed by atoms with Crippen molar-refractivity contribution in [2.24, 2.45) is 0 Å². The minimum absolute atomic E-state index is 0.285. The molecule has 0 radical (unpaired) electrons. The third-order valence-electron chi connectivity index (χ3n) is 4.56. The van der Waals surface area contributed by atoms with E-state index in [4.69, 9.17) is 11.6 Å². The molecule has 0 spiro atoms. The highest BCUT2D eigenvalue weighted by Crippen LogP contribution is 2.25. The van der Waals surface area contributed by atoms with Gasteiger partial charge in [0.05, 0.1) is 0 Å². The summed E-state index contributed by atoms with van der Waals surface area (Å²) in [4.78, 5) is 16.8. The largest absolute Gasteiger partial charge is 0.368 e. The van der Waals surface area contributed by atoms with Crippen LogP contribution in [0.15, 0.2) is 18.2 Å². The lowest BCUT2D eigenvalue weighted by Gasteiger charge is -2.37. The normalized spacial score (nSPS) is 22.3. The van der Waals surface area contributed by atoms with E-state index in [0.29, 0.717) is 12.5 Å². The van der Waals surface area contributed by atoms with Gasteiger partial charge in [-0.25, -0.2) is 0 Å². The third-order valence-corrected chi connectivity index (χ3v) is 5.93. The van der Waals surface area contributed by atoms with Crippen molar-refractivity contribution in [3.05, 3.63) is 28.8 Å². The van der Waals surface area contributed by atoms with Crippen molar-refractivity contribution in [2.45, 2.75) is 19.4 Å². The highest BCUT2D eigenvalue weighted by atomic mass is 35.5. The second-order valence-corrected chi connectivity index (χ2v) is 7.81. The molecule has 4 nitrogen and oxygen atoms in total. The summed E-state index contributed by atoms with van der Waals surface area (Å²) >= 11 is 8.06. The molecule has 1 aromatic rings. The first kappa shape index (κ1) is 16.9. The zero-order valence-corrected chi connectivity index (χ0v) is 15.1. The molecular weight excluding hydrogens is 330 g/mol. The average molecular weight is 354 g/mol. The third kappa shape index (κ3) is 4.34. The Kier molecular flexibility index (Phi) is 5.72. The van der Waals surface area contributed by atoms with Gasteiger partial charge in [-0.1, -0.05) is 17.7 Å². The first-order valence-electron chi connectivity index (χ1n) is 8.23. The Morgan fingerprint density at radius 1 is 1.35 bits per heavy atom. The number of piperazine rings is 1. The average Bonchev–Trinajstić information content (AvgIpc) is 2.58. The Morgan fingerprint density at radius 2 is 2.13 bits per heavy atom. The zero-order chi connectivity index (χ0) is 16.2. The van der Waals surface area contributed by atoms with Crippen LogP contribution in [0.25, 0.3) is 0 Å². The Balaban J connectivity index is 1.53. The van der Waals surface area contributed by atoms with Crippen LogP contribution in [0.2, 0.25) is 5.02 Å². The fourth-order valence-electron chi connectivity index (χ4n) is 3.21. The Labute approximate surface area is 147 Å². The van der Waals surface area contributed by atoms with E-state index >= 15 is 0 Å². The van der Waals surface area contributed by atoms with E-state index in [1.807, 2.05) is 28.8 Å². The summed E-state index contributed by atoms with van der Waals surface area (Å²) in [6.07, 6.45) is 0.628. The number of halogens is 1. The van der Waals surface area contributed by atoms with Gasteiger partial charge in [0.25, 0.3) is 0 Å². The molecule has 0 aliphatic carbocycles. The molecule has 1 atom stereocenters. The maximum atomic E-state index is 12.5. The van der Waals surface area contributed by atoms with Crippen molar-refractivity contribution in [1.29, 1.82) is 0 Å². The SMILES string of the molecule is Cc1ccc(Cl)cc1N1CCN(C(=O)CC2CSCCN2)CC1. The fourth-order valence-corrected chi connectivity index (χ4v) is 4.33. The predicted molar refractivity (Wildman–Crippen MR) is 98.7 cm³/mol. The summed E-state index contributed by atoms with van der Waals surface area (Å²) in [7, 11) is 0. The van der Waals surface area contributed by atoms with Gasteiger partial charge in [-0.05, 0) is 24.6 Å². The van der Waals surface area contributed by atoms with E-state index in [0.717, 1.165) is 49.3 Å². The summed E-state index contributed by atoms with van der Waals surface area (Å²) in [6, 6.07) is 6.35. The molecule has 0 aromatic heterocycles. The number of rotatable bonds is 3. The lowest BCUT2D eigenvalue weighted by molar-refractivity contribution is -0.131. The summed E-state index contributed by atoms with van der Waals surface area (Å²) < 4.78 is 0. The number of hydrogen-bond acceptors (Lipinski definition) is 4. The van der Waals surface area contributed by atoms with Crippen LogP contribution in [-0.2, 0) is 4.79 Å². The molecule has 0 bridgehead atoms. The molecule has 1 aromatic carbocycles. The Bertz CT molecular complexity index is 555. The number of carbonyl (C=O) groups excluding carboxylic acids is 1. The van der Waals surface area contributed by atoms with Crippen molar-refractivity contribution in [3.63, 3.8) is 0 Å². The summed E-state index contributed by atoms with van der Waals surface area (Å²) in [5.41, 5.74) is 2.42. The van der Waals surface area contributed by atoms with Crippen molar-refractivity contribution < 1.29 is 4.79 Å². The molecule has 1 amide bonds. The number of nitrogens with one attached hydrogen (secondary N) is 1. The van der Waals surface area contributed by atoms with Crippen LogP contribution in [0.4, 0.5) is 5.69 Å². The summed E-state index contributed by atoms with van der Waals surface area (Å²) in [6.45, 7) is 6.47. The molecule has 2 fully saturated rings. The Morgan fingerprint density at radius 3 is 2.83 bits per heavy atom. The quantitative estimate of drug-likeness (QED) is 0.905. The molecule has 0 saturated carbocycles. The van der Waals surface area contributed by atoms with Crippen LogP contribution in [-0.4, -0.2) is 61.1 Å². The lowest BCUT2D eigenvalue weighted by Crippen LogP contribution is -2.51. The van der Waals surface area contributed by atoms with Crippen molar-refractivity contribution in [2.75, 3.05) is 49.1 Å². The van der Waals surface area contributed by atoms with Gasteiger partial charge in [0.15, 0.2) is 0 Å². The van der Waals surface area contributed by atoms with Gasteiger partial charge in [0.1, 0.15) is 0 Å². The van der Waals surface area contributed by atoms with Gasteiger partial charge >= 0.3 is 0 Å². The number of hydrogen-bond donors (Lipinski definition) is 1. The van der Waals surface area contributed by atoms with Crippen molar-refractivity contribution in [1.82, 2.24) is 10.2 Å². The van der Waals surface area contributed by atoms with E-state index in [2.05, 4.69) is 23.2 Å². The number of benzene rings is 1. The topological polar surface area (TPSA) is 35.6 Å². The minimum atomic E-state index is 0.285. The van der Waals surface area contributed by atoms with E-state index in [1.54, 1.807) is 0 Å². The summed E-state index contributed by atoms with van der Waals surface area (Å²) in [5.74, 6) is 2.49. The molecule has 1 N–H and O–H groups in total. The number of anilines is 1. The van der Waals surface area contributed by atoms with E-state index < -0.39 is 0 Å². The molecule has 2 aliphatic heterocycles. The minimum Gasteiger partial charge on any atom is -0.368 e. The van der Waals surface area contributed by atoms with Crippen LogP contribution in [0.5, 0.6) is 0 Å². The van der Waals surface area contributed by atoms with Crippen LogP contribution in [0.3, 0.4) is 0 Å². The molecule has 23 heavy (non-hydrogen) atoms. The molecular formula is C17H24ClN3OS. The maximum Gasteiger partial charge on any atom is 0.224 e. The number of carbonyl (C=O) groups is 1. The second-order valence-electron chi connectivity index (χ2n) is 6.23. The van der Waals surface area contributed by atoms with E-state index in [1.165, 1.54) is 11.3 Å². The highest BCUT2D eigenvalue weighted by Gasteiger charge is 2.25. The van der Waals surface area contributed by atoms with Crippen LogP contribution in [0.1, 0.15) is 12.0 Å². The molecule has 2 heterocycles. The lowest BCUT2D eigenvalue weighted by atomic mass is 10.1. The fraction of sp³-hybridized carbons (Fsp3) is 0.588. The number of aryl methyl sites for hydroxylation is 1. The van der Waals surface area contributed by atoms with Crippen LogP contribution >= 0.6 is 23.4 Å². The van der Waals surface area contributed by atoms with Gasteiger partial charge in [-0.2, -0.15) is 11.8 Å². The van der Waals surface area contributed by atoms with Gasteiger partial charge in [-0.3, -0.25) is 4.79 Å². The monoisotopic (exact) mass is 353 g/mol. The smallest absolute Gasteiger partial charge is 0.224 e. The van der Waals surface area contributed by atoms with E-state index in [-0.39, 0.29) is 5.91 Å². The molecule has 1 unspecified atom stereocenters. The number of thioether (sulfide) groups is 1. The predicted octanol–water partition coefficient (Wildman–Crippen LogP) is 2.39. The van der Waals surface area contributed by atoms with Crippen LogP contribution in [0, 0.1) is 6.92 Å². The molecule has 126 valence electrons. The van der Waals surface area contributed by atoms with Gasteiger partial charge < -0.3 is 15.1 Å². The first-order chi connectivity index (χ1) is 11.1. The van der Waals surface area contributed by atoms with Gasteiger partial charge in [-0.15, -0.1) is 0 Å². The van der Waals surface area contributed by atoms with Gasteiger partial charge in [0, 0.05) is 67.4 Å². The molecule has 3 rings (SSSR count). The molecule has 2 saturated heterocycles. The second kappa shape index (κ2) is 7.77. The zero-order valence-electron chi connectivity index (χ0n) is 13.6. The van der Waals surface area contributed by atoms with Crippen molar-refractivity contribution >= 4 is 35.0 Å². The van der Waals surface area contributed by atoms with Crippen LogP contribution < -0.4 is 10.2 Å². The molecule has 2 aliphatic rings. The maximum absolute atomic E-state index is 12.5. The van der Waals surface area contributed by atoms with Gasteiger partial charge in [0.2, 0.25) is 5.91 Å². The Hall–Kier alpha value is -0.910. The number of nitrogens with zero attached hydrogens (tertiary/aromatic N) is 2.